The summed E-state index contributed by atoms with van der Waals surface area (Å²) in [5.74, 6) is 0.924. The minimum atomic E-state index is -1.09. The lowest BCUT2D eigenvalue weighted by atomic mass is 10.1. The number of nitrogens with zero attached hydrogens (tertiary/aromatic N) is 2. The molecule has 0 fully saturated rings. The van der Waals surface area contributed by atoms with Crippen LogP contribution in [0.4, 0.5) is 0 Å². The predicted molar refractivity (Wildman–Crippen MR) is 148 cm³/mol. The number of aliphatic carboxylic acids is 1. The van der Waals surface area contributed by atoms with Gasteiger partial charge in [-0.15, -0.1) is 11.8 Å². The number of carbonyl (C=O) groups excluding carboxylic acids is 1. The summed E-state index contributed by atoms with van der Waals surface area (Å²) in [5.41, 5.74) is 0.399. The van der Waals surface area contributed by atoms with Crippen LogP contribution in [0.25, 0.3) is 0 Å². The van der Waals surface area contributed by atoms with Crippen LogP contribution in [-0.4, -0.2) is 39.7 Å². The number of halogens is 1. The zero-order chi connectivity index (χ0) is 27.4. The second-order valence-electron chi connectivity index (χ2n) is 8.14. The molecular formula is C27H32ClN3O5S. The van der Waals surface area contributed by atoms with Gasteiger partial charge in [-0.25, -0.2) is 9.98 Å². The van der Waals surface area contributed by atoms with Gasteiger partial charge in [0.15, 0.2) is 0 Å². The molecule has 0 unspecified atom stereocenters. The van der Waals surface area contributed by atoms with Crippen molar-refractivity contribution in [1.29, 1.82) is 0 Å². The summed E-state index contributed by atoms with van der Waals surface area (Å²) in [7, 11) is 0. The van der Waals surface area contributed by atoms with Crippen molar-refractivity contribution in [3.05, 3.63) is 65.0 Å². The number of hydrogen-bond donors (Lipinski definition) is 2. The van der Waals surface area contributed by atoms with E-state index >= 15 is 0 Å². The molecule has 0 radical (unpaired) electrons. The molecule has 0 saturated carbocycles. The molecule has 37 heavy (non-hydrogen) atoms. The molecule has 0 atom stereocenters. The first-order valence-corrected chi connectivity index (χ1v) is 13.2. The minimum Gasteiger partial charge on any atom is -0.491 e. The van der Waals surface area contributed by atoms with E-state index in [1.807, 2.05) is 26.0 Å². The lowest BCUT2D eigenvalue weighted by Crippen LogP contribution is -2.29. The molecule has 10 heteroatoms. The zero-order valence-electron chi connectivity index (χ0n) is 21.6. The van der Waals surface area contributed by atoms with E-state index in [0.717, 1.165) is 17.2 Å². The number of ether oxygens (including phenoxy) is 2. The number of benzene rings is 1. The average molecular weight is 546 g/mol. The number of carboxylic acid groups (broad SMARTS) is 1. The Balaban J connectivity index is 2.35. The smallest absolute Gasteiger partial charge is 0.309 e. The summed E-state index contributed by atoms with van der Waals surface area (Å²) < 4.78 is 11.8. The number of amidine groups is 1. The van der Waals surface area contributed by atoms with Gasteiger partial charge in [-0.1, -0.05) is 24.6 Å². The SMILES string of the molecule is C/C=C/C(=N\C(CC(=O)O)=C(/C)Cl)NC(=O)c1cc(Oc2ccc(SCCC)nc2)cc(OC(C)C)c1. The molecule has 1 aromatic heterocycles. The van der Waals surface area contributed by atoms with E-state index in [1.54, 1.807) is 62.2 Å². The highest BCUT2D eigenvalue weighted by Gasteiger charge is 2.15. The molecule has 2 rings (SSSR count). The first-order valence-electron chi connectivity index (χ1n) is 11.8. The minimum absolute atomic E-state index is 0.127. The van der Waals surface area contributed by atoms with E-state index in [2.05, 4.69) is 22.2 Å². The van der Waals surface area contributed by atoms with Crippen LogP contribution in [0.15, 0.2) is 69.4 Å². The van der Waals surface area contributed by atoms with Crippen molar-refractivity contribution < 1.29 is 24.2 Å². The standard InChI is InChI=1S/C27H32ClN3O5S/c1-6-8-24(30-23(18(5)28)15-26(32)33)31-27(34)19-12-21(35-17(3)4)14-22(13-19)36-20-9-10-25(29-16-20)37-11-7-2/h6,8-10,12-14,16-17H,7,11,15H2,1-5H3,(H,32,33)(H,30,31,34)/b8-6+,23-18+. The number of aliphatic imine (C=N–C) groups is 1. The van der Waals surface area contributed by atoms with Gasteiger partial charge < -0.3 is 19.9 Å². The number of carbonyl (C=O) groups is 2. The van der Waals surface area contributed by atoms with Gasteiger partial charge >= 0.3 is 5.97 Å². The molecular weight excluding hydrogens is 514 g/mol. The van der Waals surface area contributed by atoms with Crippen LogP contribution in [0.2, 0.25) is 0 Å². The Morgan fingerprint density at radius 3 is 2.51 bits per heavy atom. The zero-order valence-corrected chi connectivity index (χ0v) is 23.2. The fourth-order valence-corrected chi connectivity index (χ4v) is 3.75. The van der Waals surface area contributed by atoms with Crippen molar-refractivity contribution in [2.75, 3.05) is 5.75 Å². The summed E-state index contributed by atoms with van der Waals surface area (Å²) in [6, 6.07) is 8.58. The third-order valence-electron chi connectivity index (χ3n) is 4.45. The normalized spacial score (nSPS) is 12.5. The number of nitrogens with one attached hydrogen (secondary N) is 1. The van der Waals surface area contributed by atoms with Crippen molar-refractivity contribution in [3.8, 4) is 17.2 Å². The molecule has 0 spiro atoms. The number of thioether (sulfide) groups is 1. The van der Waals surface area contributed by atoms with E-state index in [1.165, 1.54) is 0 Å². The van der Waals surface area contributed by atoms with Gasteiger partial charge in [-0.2, -0.15) is 0 Å². The maximum Gasteiger partial charge on any atom is 0.309 e. The predicted octanol–water partition coefficient (Wildman–Crippen LogP) is 6.81. The molecule has 1 heterocycles. The van der Waals surface area contributed by atoms with E-state index in [-0.39, 0.29) is 34.7 Å². The Morgan fingerprint density at radius 2 is 1.95 bits per heavy atom. The number of rotatable bonds is 12. The van der Waals surface area contributed by atoms with Crippen molar-refractivity contribution in [2.45, 2.75) is 58.6 Å². The van der Waals surface area contributed by atoms with Gasteiger partial charge in [0.2, 0.25) is 0 Å². The first-order chi connectivity index (χ1) is 17.6. The molecule has 0 aliphatic heterocycles. The Bertz CT molecular complexity index is 1170. The summed E-state index contributed by atoms with van der Waals surface area (Å²) in [4.78, 5) is 33.0. The van der Waals surface area contributed by atoms with E-state index in [9.17, 15) is 9.59 Å². The van der Waals surface area contributed by atoms with Crippen LogP contribution < -0.4 is 14.8 Å². The molecule has 2 aromatic rings. The van der Waals surface area contributed by atoms with Gasteiger partial charge in [0, 0.05) is 16.7 Å². The summed E-state index contributed by atoms with van der Waals surface area (Å²) in [6.45, 7) is 9.16. The Hall–Kier alpha value is -3.30. The van der Waals surface area contributed by atoms with Gasteiger partial charge in [0.1, 0.15) is 23.1 Å². The molecule has 0 aliphatic carbocycles. The van der Waals surface area contributed by atoms with Gasteiger partial charge in [-0.05, 0) is 70.2 Å². The molecule has 8 nitrogen and oxygen atoms in total. The first kappa shape index (κ1) is 29.9. The molecule has 198 valence electrons. The van der Waals surface area contributed by atoms with E-state index < -0.39 is 11.9 Å². The third-order valence-corrected chi connectivity index (χ3v) is 5.82. The van der Waals surface area contributed by atoms with Crippen molar-refractivity contribution >= 4 is 41.1 Å². The Labute approximate surface area is 226 Å². The second-order valence-corrected chi connectivity index (χ2v) is 9.83. The fourth-order valence-electron chi connectivity index (χ4n) is 2.94. The van der Waals surface area contributed by atoms with Gasteiger partial charge in [0.05, 0.1) is 29.4 Å². The van der Waals surface area contributed by atoms with Crippen molar-refractivity contribution in [1.82, 2.24) is 10.3 Å². The Kier molecular flexibility index (Phi) is 12.2. The summed E-state index contributed by atoms with van der Waals surface area (Å²) in [5, 5.41) is 13.0. The molecule has 1 aromatic carbocycles. The van der Waals surface area contributed by atoms with E-state index in [4.69, 9.17) is 26.2 Å². The maximum absolute atomic E-state index is 13.2. The number of pyridine rings is 1. The quantitative estimate of drug-likeness (QED) is 0.171. The molecule has 1 amide bonds. The third kappa shape index (κ3) is 10.7. The highest BCUT2D eigenvalue weighted by atomic mass is 35.5. The average Bonchev–Trinajstić information content (AvgIpc) is 2.82. The lowest BCUT2D eigenvalue weighted by Gasteiger charge is -2.14. The fraction of sp³-hybridized carbons (Fsp3) is 0.333. The summed E-state index contributed by atoms with van der Waals surface area (Å²) >= 11 is 7.69. The molecule has 0 saturated heterocycles. The van der Waals surface area contributed by atoms with Crippen molar-refractivity contribution in [2.24, 2.45) is 4.99 Å². The number of carboxylic acids is 1. The Morgan fingerprint density at radius 1 is 1.22 bits per heavy atom. The number of amides is 1. The van der Waals surface area contributed by atoms with Gasteiger partial charge in [0.25, 0.3) is 5.91 Å². The monoisotopic (exact) mass is 545 g/mol. The summed E-state index contributed by atoms with van der Waals surface area (Å²) in [6.07, 6.45) is 5.40. The maximum atomic E-state index is 13.2. The van der Waals surface area contributed by atoms with Crippen LogP contribution in [0.5, 0.6) is 17.2 Å². The highest BCUT2D eigenvalue weighted by Crippen LogP contribution is 2.29. The van der Waals surface area contributed by atoms with Crippen molar-refractivity contribution in [3.63, 3.8) is 0 Å². The molecule has 0 aliphatic rings. The number of aromatic nitrogens is 1. The van der Waals surface area contributed by atoms with Crippen LogP contribution in [0.3, 0.4) is 0 Å². The second kappa shape index (κ2) is 15.1. The number of allylic oxidation sites excluding steroid dienone is 2. The largest absolute Gasteiger partial charge is 0.491 e. The van der Waals surface area contributed by atoms with Crippen LogP contribution >= 0.6 is 23.4 Å². The van der Waals surface area contributed by atoms with Crippen LogP contribution in [0.1, 0.15) is 57.8 Å². The van der Waals surface area contributed by atoms with Gasteiger partial charge in [-0.3, -0.25) is 9.59 Å². The highest BCUT2D eigenvalue weighted by molar-refractivity contribution is 7.99. The van der Waals surface area contributed by atoms with Crippen LogP contribution in [-0.2, 0) is 4.79 Å². The number of hydrogen-bond acceptors (Lipinski definition) is 7. The van der Waals surface area contributed by atoms with E-state index in [0.29, 0.717) is 17.2 Å². The topological polar surface area (TPSA) is 110 Å². The molecule has 0 bridgehead atoms. The van der Waals surface area contributed by atoms with Crippen LogP contribution in [0, 0.1) is 0 Å². The lowest BCUT2D eigenvalue weighted by molar-refractivity contribution is -0.136. The molecule has 2 N–H and O–H groups in total.